The second-order valence-electron chi connectivity index (χ2n) is 6.29. The molecule has 3 N–H and O–H groups in total. The fourth-order valence-corrected chi connectivity index (χ4v) is 3.26. The van der Waals surface area contributed by atoms with E-state index in [1.807, 2.05) is 30.3 Å². The van der Waals surface area contributed by atoms with Crippen LogP contribution in [0.5, 0.6) is 5.75 Å². The number of carbonyl (C=O) groups is 2. The molecule has 9 heteroatoms. The lowest BCUT2D eigenvalue weighted by Crippen LogP contribution is -2.48. The summed E-state index contributed by atoms with van der Waals surface area (Å²) in [5, 5.41) is 2.97. The highest BCUT2D eigenvalue weighted by atomic mass is 35.5. The molecule has 0 saturated carbocycles. The van der Waals surface area contributed by atoms with Gasteiger partial charge in [-0.15, -0.1) is 0 Å². The van der Waals surface area contributed by atoms with Crippen LogP contribution in [0, 0.1) is 0 Å². The largest absolute Gasteiger partial charge is 0.488 e. The number of benzene rings is 3. The van der Waals surface area contributed by atoms with Crippen molar-refractivity contribution in [2.45, 2.75) is 6.61 Å². The zero-order chi connectivity index (χ0) is 22.2. The summed E-state index contributed by atoms with van der Waals surface area (Å²) in [4.78, 5) is 24.8. The molecule has 31 heavy (non-hydrogen) atoms. The topological polar surface area (TPSA) is 79.5 Å². The molecule has 3 rings (SSSR count). The maximum Gasteiger partial charge on any atom is 0.273 e. The Morgan fingerprint density at radius 3 is 2.19 bits per heavy atom. The van der Waals surface area contributed by atoms with Gasteiger partial charge in [0.25, 0.3) is 11.8 Å². The first kappa shape index (κ1) is 22.6. The standard InChI is InChI=1S/C22H17Cl2N3O3S/c23-16-10-15(11-17(24)12-16)20(28)25-22(31)27-26-21(29)18-8-4-5-9-19(18)30-13-14-6-2-1-3-7-14/h1-12H,13H2,(H,26,29)(H2,25,27,28,31). The molecule has 0 saturated heterocycles. The van der Waals surface area contributed by atoms with Crippen molar-refractivity contribution in [2.75, 3.05) is 0 Å². The van der Waals surface area contributed by atoms with Crippen molar-refractivity contribution >= 4 is 52.3 Å². The van der Waals surface area contributed by atoms with Gasteiger partial charge in [0.2, 0.25) is 0 Å². The molecule has 0 aliphatic carbocycles. The predicted molar refractivity (Wildman–Crippen MR) is 124 cm³/mol. The zero-order valence-electron chi connectivity index (χ0n) is 16.0. The van der Waals surface area contributed by atoms with Gasteiger partial charge in [-0.3, -0.25) is 25.8 Å². The quantitative estimate of drug-likeness (QED) is 0.374. The van der Waals surface area contributed by atoms with Gasteiger partial charge in [0.05, 0.1) is 5.56 Å². The van der Waals surface area contributed by atoms with Crippen molar-refractivity contribution in [1.29, 1.82) is 0 Å². The van der Waals surface area contributed by atoms with Crippen LogP contribution in [0.2, 0.25) is 10.0 Å². The molecule has 6 nitrogen and oxygen atoms in total. The Morgan fingerprint density at radius 1 is 0.839 bits per heavy atom. The Hall–Kier alpha value is -3.13. The van der Waals surface area contributed by atoms with E-state index in [4.69, 9.17) is 40.2 Å². The number of ether oxygens (including phenoxy) is 1. The maximum atomic E-state index is 12.6. The monoisotopic (exact) mass is 473 g/mol. The van der Waals surface area contributed by atoms with E-state index in [0.717, 1.165) is 5.56 Å². The Morgan fingerprint density at radius 2 is 1.48 bits per heavy atom. The molecule has 3 aromatic rings. The first-order valence-electron chi connectivity index (χ1n) is 9.06. The summed E-state index contributed by atoms with van der Waals surface area (Å²) in [5.74, 6) is -0.594. The van der Waals surface area contributed by atoms with Gasteiger partial charge in [-0.05, 0) is 48.1 Å². The van der Waals surface area contributed by atoms with Crippen LogP contribution in [-0.2, 0) is 6.61 Å². The highest BCUT2D eigenvalue weighted by Gasteiger charge is 2.14. The molecule has 0 fully saturated rings. The summed E-state index contributed by atoms with van der Waals surface area (Å²) in [6.45, 7) is 0.315. The van der Waals surface area contributed by atoms with Gasteiger partial charge in [-0.2, -0.15) is 0 Å². The van der Waals surface area contributed by atoms with E-state index in [2.05, 4.69) is 16.2 Å². The normalized spacial score (nSPS) is 10.1. The number of carbonyl (C=O) groups excluding carboxylic acids is 2. The van der Waals surface area contributed by atoms with Crippen LogP contribution in [0.3, 0.4) is 0 Å². The van der Waals surface area contributed by atoms with Crippen LogP contribution in [0.4, 0.5) is 0 Å². The second kappa shape index (κ2) is 10.8. The van der Waals surface area contributed by atoms with E-state index >= 15 is 0 Å². The van der Waals surface area contributed by atoms with Crippen LogP contribution in [0.25, 0.3) is 0 Å². The molecule has 0 radical (unpaired) electrons. The summed E-state index contributed by atoms with van der Waals surface area (Å²) in [7, 11) is 0. The van der Waals surface area contributed by atoms with E-state index in [1.165, 1.54) is 18.2 Å². The predicted octanol–water partition coefficient (Wildman–Crippen LogP) is 4.52. The lowest BCUT2D eigenvalue weighted by Gasteiger charge is -2.14. The van der Waals surface area contributed by atoms with Gasteiger partial charge in [-0.25, -0.2) is 0 Å². The van der Waals surface area contributed by atoms with Gasteiger partial charge in [0.15, 0.2) is 5.11 Å². The van der Waals surface area contributed by atoms with Crippen LogP contribution < -0.4 is 20.9 Å². The van der Waals surface area contributed by atoms with Gasteiger partial charge >= 0.3 is 0 Å². The number of hydrogen-bond acceptors (Lipinski definition) is 4. The molecule has 0 spiro atoms. The third-order valence-corrected chi connectivity index (χ3v) is 4.65. The van der Waals surface area contributed by atoms with Crippen molar-refractivity contribution in [3.05, 3.63) is 99.5 Å². The van der Waals surface area contributed by atoms with E-state index in [0.29, 0.717) is 28.0 Å². The third-order valence-electron chi connectivity index (χ3n) is 4.01. The van der Waals surface area contributed by atoms with Crippen molar-refractivity contribution in [1.82, 2.24) is 16.2 Å². The molecule has 2 amide bonds. The lowest BCUT2D eigenvalue weighted by atomic mass is 10.2. The third kappa shape index (κ3) is 6.68. The smallest absolute Gasteiger partial charge is 0.273 e. The fraction of sp³-hybridized carbons (Fsp3) is 0.0455. The first-order chi connectivity index (χ1) is 14.9. The Kier molecular flexibility index (Phi) is 7.83. The number of rotatable bonds is 5. The molecular weight excluding hydrogens is 457 g/mol. The van der Waals surface area contributed by atoms with Crippen molar-refractivity contribution < 1.29 is 14.3 Å². The van der Waals surface area contributed by atoms with Crippen molar-refractivity contribution in [3.8, 4) is 5.75 Å². The van der Waals surface area contributed by atoms with Crippen molar-refractivity contribution in [3.63, 3.8) is 0 Å². The maximum absolute atomic E-state index is 12.6. The van der Waals surface area contributed by atoms with Crippen LogP contribution in [-0.4, -0.2) is 16.9 Å². The number of halogens is 2. The first-order valence-corrected chi connectivity index (χ1v) is 10.2. The Balaban J connectivity index is 1.56. The molecule has 158 valence electrons. The second-order valence-corrected chi connectivity index (χ2v) is 7.57. The number of thiocarbonyl (C=S) groups is 1. The number of hydrogen-bond donors (Lipinski definition) is 3. The fourth-order valence-electron chi connectivity index (χ4n) is 2.59. The van der Waals surface area contributed by atoms with E-state index in [9.17, 15) is 9.59 Å². The van der Waals surface area contributed by atoms with E-state index in [-0.39, 0.29) is 10.7 Å². The number of amides is 2. The van der Waals surface area contributed by atoms with Crippen LogP contribution in [0.15, 0.2) is 72.8 Å². The van der Waals surface area contributed by atoms with E-state index in [1.54, 1.807) is 24.3 Å². The zero-order valence-corrected chi connectivity index (χ0v) is 18.4. The molecule has 0 aromatic heterocycles. The average Bonchev–Trinajstić information content (AvgIpc) is 2.76. The lowest BCUT2D eigenvalue weighted by molar-refractivity contribution is 0.0930. The molecule has 0 aliphatic rings. The van der Waals surface area contributed by atoms with Gasteiger partial charge in [0, 0.05) is 15.6 Å². The highest BCUT2D eigenvalue weighted by molar-refractivity contribution is 7.80. The molecule has 0 atom stereocenters. The minimum absolute atomic E-state index is 0.0999. The summed E-state index contributed by atoms with van der Waals surface area (Å²) in [6.07, 6.45) is 0. The van der Waals surface area contributed by atoms with E-state index < -0.39 is 11.8 Å². The van der Waals surface area contributed by atoms with Gasteiger partial charge in [0.1, 0.15) is 12.4 Å². The summed E-state index contributed by atoms with van der Waals surface area (Å²) >= 11 is 16.9. The minimum atomic E-state index is -0.525. The molecule has 0 aliphatic heterocycles. The minimum Gasteiger partial charge on any atom is -0.488 e. The molecule has 3 aromatic carbocycles. The number of hydrazine groups is 1. The average molecular weight is 474 g/mol. The number of nitrogens with one attached hydrogen (secondary N) is 3. The summed E-state index contributed by atoms with van der Waals surface area (Å²) < 4.78 is 5.78. The molecular formula is C22H17Cl2N3O3S. The highest BCUT2D eigenvalue weighted by Crippen LogP contribution is 2.20. The Bertz CT molecular complexity index is 1090. The SMILES string of the molecule is O=C(NC(=S)NNC(=O)c1ccccc1OCc1ccccc1)c1cc(Cl)cc(Cl)c1. The van der Waals surface area contributed by atoms with Crippen LogP contribution >= 0.6 is 35.4 Å². The van der Waals surface area contributed by atoms with Crippen LogP contribution in [0.1, 0.15) is 26.3 Å². The van der Waals surface area contributed by atoms with Crippen molar-refractivity contribution in [2.24, 2.45) is 0 Å². The van der Waals surface area contributed by atoms with Gasteiger partial charge in [-0.1, -0.05) is 65.7 Å². The summed E-state index contributed by atoms with van der Waals surface area (Å²) in [5.41, 5.74) is 6.44. The molecule has 0 unspecified atom stereocenters. The van der Waals surface area contributed by atoms with Gasteiger partial charge < -0.3 is 4.74 Å². The molecule has 0 heterocycles. The number of para-hydroxylation sites is 1. The summed E-state index contributed by atoms with van der Waals surface area (Å²) in [6, 6.07) is 20.8. The molecule has 0 bridgehead atoms. The Labute approximate surface area is 194 Å².